The number of Topliss-reactive ketones (excluding diaryl/α,β-unsaturated/α-hetero) is 2. The smallest absolute Gasteiger partial charge is 0.331 e. The van der Waals surface area contributed by atoms with Crippen LogP contribution in [-0.2, 0) is 9.53 Å². The van der Waals surface area contributed by atoms with Crippen molar-refractivity contribution in [2.24, 2.45) is 0 Å². The predicted octanol–water partition coefficient (Wildman–Crippen LogP) is 3.00. The van der Waals surface area contributed by atoms with Gasteiger partial charge in [-0.1, -0.05) is 6.07 Å². The number of ether oxygens (including phenoxy) is 3. The quantitative estimate of drug-likeness (QED) is 0.478. The number of fused-ring (bicyclic) bond motifs is 1. The van der Waals surface area contributed by atoms with Crippen molar-refractivity contribution in [1.29, 1.82) is 0 Å². The summed E-state index contributed by atoms with van der Waals surface area (Å²) in [7, 11) is 0. The summed E-state index contributed by atoms with van der Waals surface area (Å²) in [6, 6.07) is 5.27. The first-order valence-electron chi connectivity index (χ1n) is 8.34. The number of aryl methyl sites for hydroxylation is 1. The van der Waals surface area contributed by atoms with Gasteiger partial charge in [-0.15, -0.1) is 0 Å². The molecule has 0 aliphatic carbocycles. The van der Waals surface area contributed by atoms with Crippen LogP contribution in [0.5, 0.6) is 11.5 Å². The number of nitrogens with one attached hydrogen (secondary N) is 1. The molecule has 140 valence electrons. The minimum Gasteiger partial charge on any atom is -0.454 e. The molecule has 3 rings (SSSR count). The Balaban J connectivity index is 1.60. The van der Waals surface area contributed by atoms with E-state index in [0.29, 0.717) is 28.3 Å². The largest absolute Gasteiger partial charge is 0.454 e. The summed E-state index contributed by atoms with van der Waals surface area (Å²) in [5, 5.41) is 0. The monoisotopic (exact) mass is 369 g/mol. The van der Waals surface area contributed by atoms with Crippen LogP contribution >= 0.6 is 0 Å². The van der Waals surface area contributed by atoms with E-state index in [0.717, 1.165) is 5.56 Å². The summed E-state index contributed by atoms with van der Waals surface area (Å²) in [6.07, 6.45) is 2.80. The van der Waals surface area contributed by atoms with Crippen molar-refractivity contribution in [3.05, 3.63) is 52.4 Å². The van der Waals surface area contributed by atoms with Crippen molar-refractivity contribution >= 4 is 23.6 Å². The van der Waals surface area contributed by atoms with Crippen LogP contribution in [0, 0.1) is 13.8 Å². The summed E-state index contributed by atoms with van der Waals surface area (Å²) in [4.78, 5) is 38.7. The van der Waals surface area contributed by atoms with Gasteiger partial charge in [0.1, 0.15) is 0 Å². The van der Waals surface area contributed by atoms with Gasteiger partial charge in [-0.3, -0.25) is 9.59 Å². The summed E-state index contributed by atoms with van der Waals surface area (Å²) >= 11 is 0. The standard InChI is InChI=1S/C20H19NO6/c1-11-19(13(3)22)12(2)21-20(11)15(23)9-25-18(24)7-5-14-4-6-16-17(8-14)27-10-26-16/h4-8,21H,9-10H2,1-3H3. The summed E-state index contributed by atoms with van der Waals surface area (Å²) in [5.41, 5.74) is 2.71. The molecule has 27 heavy (non-hydrogen) atoms. The first-order chi connectivity index (χ1) is 12.9. The molecule has 0 saturated carbocycles. The molecular formula is C20H19NO6. The molecular weight excluding hydrogens is 350 g/mol. The van der Waals surface area contributed by atoms with Crippen LogP contribution in [0.15, 0.2) is 24.3 Å². The van der Waals surface area contributed by atoms with Crippen molar-refractivity contribution < 1.29 is 28.6 Å². The Labute approximate surface area is 155 Å². The average molecular weight is 369 g/mol. The van der Waals surface area contributed by atoms with E-state index in [1.165, 1.54) is 13.0 Å². The maximum Gasteiger partial charge on any atom is 0.331 e. The molecule has 0 amide bonds. The third-order valence-corrected chi connectivity index (χ3v) is 4.22. The van der Waals surface area contributed by atoms with Crippen molar-refractivity contribution in [3.8, 4) is 11.5 Å². The van der Waals surface area contributed by atoms with Gasteiger partial charge in [0, 0.05) is 17.3 Å². The molecule has 1 aromatic carbocycles. The van der Waals surface area contributed by atoms with Crippen molar-refractivity contribution in [3.63, 3.8) is 0 Å². The number of aromatic nitrogens is 1. The third-order valence-electron chi connectivity index (χ3n) is 4.22. The molecule has 1 N–H and O–H groups in total. The Morgan fingerprint density at radius 2 is 1.93 bits per heavy atom. The predicted molar refractivity (Wildman–Crippen MR) is 97.2 cm³/mol. The SMILES string of the molecule is CC(=O)c1c(C)[nH]c(C(=O)COC(=O)C=Cc2ccc3c(c2)OCO3)c1C. The molecule has 0 fully saturated rings. The fourth-order valence-electron chi connectivity index (χ4n) is 2.99. The Kier molecular flexibility index (Phi) is 5.12. The zero-order valence-corrected chi connectivity index (χ0v) is 15.3. The molecule has 0 unspecified atom stereocenters. The Bertz CT molecular complexity index is 954. The molecule has 0 atom stereocenters. The van der Waals surface area contributed by atoms with Crippen LogP contribution in [0.25, 0.3) is 6.08 Å². The molecule has 1 aromatic heterocycles. The molecule has 1 aliphatic heterocycles. The minimum atomic E-state index is -0.645. The molecule has 2 aromatic rings. The van der Waals surface area contributed by atoms with E-state index in [4.69, 9.17) is 14.2 Å². The number of rotatable bonds is 6. The van der Waals surface area contributed by atoms with Crippen molar-refractivity contribution in [1.82, 2.24) is 4.98 Å². The molecule has 0 saturated heterocycles. The highest BCUT2D eigenvalue weighted by Crippen LogP contribution is 2.32. The van der Waals surface area contributed by atoms with Gasteiger partial charge in [-0.2, -0.15) is 0 Å². The molecule has 7 heteroatoms. The highest BCUT2D eigenvalue weighted by atomic mass is 16.7. The van der Waals surface area contributed by atoms with Crippen LogP contribution in [0.2, 0.25) is 0 Å². The van der Waals surface area contributed by atoms with Gasteiger partial charge in [0.05, 0.1) is 5.69 Å². The lowest BCUT2D eigenvalue weighted by Crippen LogP contribution is -2.14. The van der Waals surface area contributed by atoms with Gasteiger partial charge in [0.2, 0.25) is 12.6 Å². The van der Waals surface area contributed by atoms with E-state index >= 15 is 0 Å². The van der Waals surface area contributed by atoms with E-state index in [2.05, 4.69) is 4.98 Å². The van der Waals surface area contributed by atoms with Crippen molar-refractivity contribution in [2.45, 2.75) is 20.8 Å². The molecule has 0 bridgehead atoms. The van der Waals surface area contributed by atoms with E-state index in [-0.39, 0.29) is 18.3 Å². The van der Waals surface area contributed by atoms with Crippen molar-refractivity contribution in [2.75, 3.05) is 13.4 Å². The van der Waals surface area contributed by atoms with Crippen LogP contribution in [-0.4, -0.2) is 35.9 Å². The topological polar surface area (TPSA) is 94.7 Å². The van der Waals surface area contributed by atoms with E-state index < -0.39 is 18.4 Å². The van der Waals surface area contributed by atoms with E-state index in [9.17, 15) is 14.4 Å². The van der Waals surface area contributed by atoms with Gasteiger partial charge in [-0.05, 0) is 50.1 Å². The maximum atomic E-state index is 12.3. The second kappa shape index (κ2) is 7.49. The fourth-order valence-corrected chi connectivity index (χ4v) is 2.99. The molecule has 0 spiro atoms. The van der Waals surface area contributed by atoms with Gasteiger partial charge >= 0.3 is 5.97 Å². The summed E-state index contributed by atoms with van der Waals surface area (Å²) in [6.45, 7) is 4.62. The highest BCUT2D eigenvalue weighted by molar-refractivity contribution is 6.04. The average Bonchev–Trinajstić information content (AvgIpc) is 3.21. The number of ketones is 2. The Morgan fingerprint density at radius 1 is 1.19 bits per heavy atom. The molecule has 0 radical (unpaired) electrons. The number of benzene rings is 1. The van der Waals surface area contributed by atoms with Crippen LogP contribution < -0.4 is 9.47 Å². The lowest BCUT2D eigenvalue weighted by atomic mass is 10.1. The van der Waals surface area contributed by atoms with Gasteiger partial charge in [0.15, 0.2) is 23.9 Å². The Hall–Kier alpha value is -3.35. The van der Waals surface area contributed by atoms with Crippen LogP contribution in [0.4, 0.5) is 0 Å². The van der Waals surface area contributed by atoms with Crippen LogP contribution in [0.3, 0.4) is 0 Å². The molecule has 7 nitrogen and oxygen atoms in total. The number of carbonyl (C=O) groups excluding carboxylic acids is 3. The number of hydrogen-bond acceptors (Lipinski definition) is 6. The minimum absolute atomic E-state index is 0.121. The first kappa shape index (κ1) is 18.4. The third kappa shape index (κ3) is 3.92. The lowest BCUT2D eigenvalue weighted by Gasteiger charge is -2.02. The van der Waals surface area contributed by atoms with Gasteiger partial charge in [0.25, 0.3) is 0 Å². The summed E-state index contributed by atoms with van der Waals surface area (Å²) in [5.74, 6) is 0.104. The zero-order valence-electron chi connectivity index (χ0n) is 15.3. The van der Waals surface area contributed by atoms with Gasteiger partial charge in [-0.25, -0.2) is 4.79 Å². The van der Waals surface area contributed by atoms with E-state index in [1.54, 1.807) is 38.1 Å². The maximum absolute atomic E-state index is 12.3. The molecule has 2 heterocycles. The highest BCUT2D eigenvalue weighted by Gasteiger charge is 2.20. The number of aromatic amines is 1. The number of esters is 1. The fraction of sp³-hybridized carbons (Fsp3) is 0.250. The second-order valence-electron chi connectivity index (χ2n) is 6.16. The van der Waals surface area contributed by atoms with Gasteiger partial charge < -0.3 is 19.2 Å². The molecule has 1 aliphatic rings. The second-order valence-corrected chi connectivity index (χ2v) is 6.16. The number of H-pyrrole nitrogens is 1. The van der Waals surface area contributed by atoms with E-state index in [1.807, 2.05) is 0 Å². The lowest BCUT2D eigenvalue weighted by molar-refractivity contribution is -0.136. The normalized spacial score (nSPS) is 12.4. The zero-order chi connectivity index (χ0) is 19.6. The Morgan fingerprint density at radius 3 is 2.63 bits per heavy atom. The number of hydrogen-bond donors (Lipinski definition) is 1. The first-order valence-corrected chi connectivity index (χ1v) is 8.34. The summed E-state index contributed by atoms with van der Waals surface area (Å²) < 4.78 is 15.5. The van der Waals surface area contributed by atoms with Crippen LogP contribution in [0.1, 0.15) is 44.6 Å². The number of carbonyl (C=O) groups is 3.